The molecule has 1 saturated heterocycles. The molecule has 2 heterocycles. The van der Waals surface area contributed by atoms with Crippen LogP contribution in [0.15, 0.2) is 40.8 Å². The van der Waals surface area contributed by atoms with Crippen LogP contribution in [0.25, 0.3) is 0 Å². The van der Waals surface area contributed by atoms with Crippen LogP contribution in [-0.2, 0) is 9.53 Å². The molecule has 0 radical (unpaired) electrons. The van der Waals surface area contributed by atoms with Gasteiger partial charge < -0.3 is 19.2 Å². The van der Waals surface area contributed by atoms with Crippen molar-refractivity contribution in [3.05, 3.63) is 53.7 Å². The summed E-state index contributed by atoms with van der Waals surface area (Å²) in [4.78, 5) is 14.4. The molecule has 6 nitrogen and oxygen atoms in total. The van der Waals surface area contributed by atoms with Gasteiger partial charge in [0.05, 0.1) is 32.3 Å². The molecule has 1 amide bonds. The van der Waals surface area contributed by atoms with Gasteiger partial charge in [0.25, 0.3) is 0 Å². The number of furan rings is 1. The number of nitrogens with zero attached hydrogens (tertiary/aromatic N) is 1. The van der Waals surface area contributed by atoms with Gasteiger partial charge in [0.15, 0.2) is 0 Å². The molecule has 0 spiro atoms. The Morgan fingerprint density at radius 1 is 1.22 bits per heavy atom. The third-order valence-electron chi connectivity index (χ3n) is 4.48. The summed E-state index contributed by atoms with van der Waals surface area (Å²) in [6.45, 7) is 5.56. The number of carbonyl (C=O) groups excluding carboxylic acids is 1. The van der Waals surface area contributed by atoms with E-state index >= 15 is 0 Å². The quantitative estimate of drug-likeness (QED) is 0.767. The van der Waals surface area contributed by atoms with E-state index in [2.05, 4.69) is 10.2 Å². The van der Waals surface area contributed by atoms with Crippen LogP contribution in [-0.4, -0.2) is 50.3 Å². The highest BCUT2D eigenvalue weighted by atomic mass is 19.1. The monoisotopic (exact) mass is 376 g/mol. The first-order valence-electron chi connectivity index (χ1n) is 9.15. The summed E-state index contributed by atoms with van der Waals surface area (Å²) >= 11 is 0. The summed E-state index contributed by atoms with van der Waals surface area (Å²) in [5.41, 5.74) is 0. The summed E-state index contributed by atoms with van der Waals surface area (Å²) in [5, 5.41) is 2.96. The molecule has 1 atom stereocenters. The van der Waals surface area contributed by atoms with E-state index in [0.717, 1.165) is 24.6 Å². The first kappa shape index (κ1) is 19.4. The van der Waals surface area contributed by atoms with Gasteiger partial charge in [-0.15, -0.1) is 0 Å². The van der Waals surface area contributed by atoms with Crippen molar-refractivity contribution in [2.24, 2.45) is 0 Å². The van der Waals surface area contributed by atoms with Crippen LogP contribution in [0.5, 0.6) is 5.75 Å². The molecule has 0 saturated carbocycles. The Balaban J connectivity index is 1.48. The van der Waals surface area contributed by atoms with Crippen molar-refractivity contribution in [1.29, 1.82) is 0 Å². The number of hydrogen-bond acceptors (Lipinski definition) is 5. The fourth-order valence-electron chi connectivity index (χ4n) is 3.02. The highest BCUT2D eigenvalue weighted by Gasteiger charge is 2.25. The highest BCUT2D eigenvalue weighted by molar-refractivity contribution is 5.76. The zero-order chi connectivity index (χ0) is 19.1. The number of hydrogen-bond donors (Lipinski definition) is 1. The number of amides is 1. The van der Waals surface area contributed by atoms with Crippen LogP contribution in [0.3, 0.4) is 0 Å². The lowest BCUT2D eigenvalue weighted by Crippen LogP contribution is -2.43. The number of benzene rings is 1. The Hall–Kier alpha value is -2.38. The van der Waals surface area contributed by atoms with Crippen LogP contribution >= 0.6 is 0 Å². The van der Waals surface area contributed by atoms with Crippen molar-refractivity contribution >= 4 is 5.91 Å². The highest BCUT2D eigenvalue weighted by Crippen LogP contribution is 2.23. The molecule has 146 valence electrons. The fourth-order valence-corrected chi connectivity index (χ4v) is 3.02. The number of halogens is 1. The maximum absolute atomic E-state index is 12.9. The third kappa shape index (κ3) is 5.80. The zero-order valence-corrected chi connectivity index (χ0v) is 15.4. The lowest BCUT2D eigenvalue weighted by molar-refractivity contribution is -0.122. The maximum atomic E-state index is 12.9. The van der Waals surface area contributed by atoms with Gasteiger partial charge in [-0.05, 0) is 43.3 Å². The van der Waals surface area contributed by atoms with E-state index < -0.39 is 0 Å². The molecule has 3 rings (SSSR count). The second kappa shape index (κ2) is 9.53. The first-order valence-corrected chi connectivity index (χ1v) is 9.15. The molecule has 1 unspecified atom stereocenters. The van der Waals surface area contributed by atoms with E-state index in [0.29, 0.717) is 25.5 Å². The van der Waals surface area contributed by atoms with Crippen molar-refractivity contribution in [2.45, 2.75) is 19.4 Å². The Morgan fingerprint density at radius 3 is 2.63 bits per heavy atom. The van der Waals surface area contributed by atoms with E-state index in [-0.39, 0.29) is 30.8 Å². The Labute approximate surface area is 158 Å². The molecule has 1 aromatic heterocycles. The molecule has 0 aliphatic carbocycles. The van der Waals surface area contributed by atoms with E-state index in [1.165, 1.54) is 12.1 Å². The van der Waals surface area contributed by atoms with Crippen molar-refractivity contribution in [3.63, 3.8) is 0 Å². The average Bonchev–Trinajstić information content (AvgIpc) is 3.10. The van der Waals surface area contributed by atoms with Gasteiger partial charge in [0.2, 0.25) is 5.91 Å². The Morgan fingerprint density at radius 2 is 1.96 bits per heavy atom. The molecule has 2 aromatic rings. The van der Waals surface area contributed by atoms with E-state index in [1.807, 2.05) is 19.1 Å². The second-order valence-corrected chi connectivity index (χ2v) is 6.47. The molecule has 27 heavy (non-hydrogen) atoms. The summed E-state index contributed by atoms with van der Waals surface area (Å²) in [6.07, 6.45) is 0.227. The summed E-state index contributed by atoms with van der Waals surface area (Å²) < 4.78 is 29.5. The number of rotatable bonds is 8. The molecular weight excluding hydrogens is 351 g/mol. The molecule has 7 heteroatoms. The number of carbonyl (C=O) groups is 1. The fraction of sp³-hybridized carbons (Fsp3) is 0.450. The Kier molecular flexibility index (Phi) is 6.84. The molecule has 1 aliphatic heterocycles. The van der Waals surface area contributed by atoms with Crippen molar-refractivity contribution in [1.82, 2.24) is 10.2 Å². The van der Waals surface area contributed by atoms with Crippen LogP contribution in [0.4, 0.5) is 4.39 Å². The van der Waals surface area contributed by atoms with Crippen molar-refractivity contribution in [2.75, 3.05) is 39.5 Å². The van der Waals surface area contributed by atoms with Crippen LogP contribution in [0, 0.1) is 12.7 Å². The largest absolute Gasteiger partial charge is 0.493 e. The third-order valence-corrected chi connectivity index (χ3v) is 4.48. The summed E-state index contributed by atoms with van der Waals surface area (Å²) in [5.74, 6) is 1.82. The number of nitrogens with one attached hydrogen (secondary N) is 1. The number of morpholine rings is 1. The number of aryl methyl sites for hydroxylation is 1. The van der Waals surface area contributed by atoms with Gasteiger partial charge in [-0.25, -0.2) is 4.39 Å². The minimum Gasteiger partial charge on any atom is -0.493 e. The normalized spacial score (nSPS) is 16.1. The topological polar surface area (TPSA) is 63.9 Å². The molecule has 1 aromatic carbocycles. The van der Waals surface area contributed by atoms with Crippen molar-refractivity contribution in [3.8, 4) is 5.75 Å². The predicted molar refractivity (Wildman–Crippen MR) is 98.1 cm³/mol. The second-order valence-electron chi connectivity index (χ2n) is 6.47. The lowest BCUT2D eigenvalue weighted by Gasteiger charge is -2.33. The average molecular weight is 376 g/mol. The maximum Gasteiger partial charge on any atom is 0.223 e. The number of ether oxygens (including phenoxy) is 2. The SMILES string of the molecule is Cc1ccc(C(CNC(=O)CCOc2ccc(F)cc2)N2CCOCC2)o1. The minimum atomic E-state index is -0.317. The summed E-state index contributed by atoms with van der Waals surface area (Å²) in [7, 11) is 0. The van der Waals surface area contributed by atoms with Crippen LogP contribution < -0.4 is 10.1 Å². The molecular formula is C20H25FN2O4. The Bertz CT molecular complexity index is 726. The van der Waals surface area contributed by atoms with E-state index in [9.17, 15) is 9.18 Å². The van der Waals surface area contributed by atoms with E-state index in [4.69, 9.17) is 13.9 Å². The molecule has 1 aliphatic rings. The van der Waals surface area contributed by atoms with Gasteiger partial charge in [-0.2, -0.15) is 0 Å². The first-order chi connectivity index (χ1) is 13.1. The van der Waals surface area contributed by atoms with Gasteiger partial charge in [0, 0.05) is 19.6 Å². The lowest BCUT2D eigenvalue weighted by atomic mass is 10.1. The predicted octanol–water partition coefficient (Wildman–Crippen LogP) is 2.69. The zero-order valence-electron chi connectivity index (χ0n) is 15.4. The molecule has 0 bridgehead atoms. The minimum absolute atomic E-state index is 0.0235. The van der Waals surface area contributed by atoms with Crippen molar-refractivity contribution < 1.29 is 23.1 Å². The molecule has 1 N–H and O–H groups in total. The van der Waals surface area contributed by atoms with Gasteiger partial charge in [0.1, 0.15) is 23.1 Å². The smallest absolute Gasteiger partial charge is 0.223 e. The molecule has 1 fully saturated rings. The van der Waals surface area contributed by atoms with Crippen LogP contribution in [0.2, 0.25) is 0 Å². The standard InChI is InChI=1S/C20H25FN2O4/c1-15-2-7-19(27-15)18(23-9-12-25-13-10-23)14-22-20(24)8-11-26-17-5-3-16(21)4-6-17/h2-7,18H,8-14H2,1H3,(H,22,24). The van der Waals surface area contributed by atoms with Crippen LogP contribution in [0.1, 0.15) is 24.0 Å². The summed E-state index contributed by atoms with van der Waals surface area (Å²) in [6, 6.07) is 9.61. The van der Waals surface area contributed by atoms with Gasteiger partial charge in [-0.3, -0.25) is 9.69 Å². The van der Waals surface area contributed by atoms with E-state index in [1.54, 1.807) is 12.1 Å². The van der Waals surface area contributed by atoms with Gasteiger partial charge in [-0.1, -0.05) is 0 Å². The van der Waals surface area contributed by atoms with Gasteiger partial charge >= 0.3 is 0 Å².